The van der Waals surface area contributed by atoms with Gasteiger partial charge in [0, 0.05) is 43.9 Å². The predicted octanol–water partition coefficient (Wildman–Crippen LogP) is 4.15. The fourth-order valence-corrected chi connectivity index (χ4v) is 4.66. The van der Waals surface area contributed by atoms with Gasteiger partial charge in [0.15, 0.2) is 0 Å². The highest BCUT2D eigenvalue weighted by Crippen LogP contribution is 2.42. The molecule has 1 spiro atoms. The first-order chi connectivity index (χ1) is 17.0. The SMILES string of the molecule is NC(=O)Nc1ccccc1OC[C@@H](CN1CCC2(CC1)Cc1cc(Cl)ccc1O2)OC(=O)C(F)(F)F. The molecule has 2 heterocycles. The van der Waals surface area contributed by atoms with E-state index in [0.29, 0.717) is 37.4 Å². The lowest BCUT2D eigenvalue weighted by atomic mass is 9.87. The Morgan fingerprint density at radius 1 is 1.19 bits per heavy atom. The van der Waals surface area contributed by atoms with E-state index in [-0.39, 0.29) is 24.6 Å². The molecule has 1 fully saturated rings. The number of benzene rings is 2. The molecule has 36 heavy (non-hydrogen) atoms. The average molecular weight is 528 g/mol. The van der Waals surface area contributed by atoms with Gasteiger partial charge in [0.1, 0.15) is 29.8 Å². The van der Waals surface area contributed by atoms with Gasteiger partial charge in [-0.1, -0.05) is 23.7 Å². The van der Waals surface area contributed by atoms with Crippen LogP contribution in [0.15, 0.2) is 42.5 Å². The summed E-state index contributed by atoms with van der Waals surface area (Å²) in [5.41, 5.74) is 6.03. The van der Waals surface area contributed by atoms with Crippen LogP contribution in [0.3, 0.4) is 0 Å². The Bertz CT molecular complexity index is 1120. The van der Waals surface area contributed by atoms with Gasteiger partial charge in [-0.2, -0.15) is 13.2 Å². The third kappa shape index (κ3) is 6.33. The second-order valence-electron chi connectivity index (χ2n) is 8.84. The molecule has 1 atom stereocenters. The van der Waals surface area contributed by atoms with Crippen LogP contribution in [0.4, 0.5) is 23.7 Å². The molecule has 2 aliphatic rings. The van der Waals surface area contributed by atoms with Crippen LogP contribution in [0.5, 0.6) is 11.5 Å². The highest BCUT2D eigenvalue weighted by Gasteiger charge is 2.44. The van der Waals surface area contributed by atoms with E-state index in [1.165, 1.54) is 12.1 Å². The minimum Gasteiger partial charge on any atom is -0.487 e. The zero-order valence-electron chi connectivity index (χ0n) is 19.1. The topological polar surface area (TPSA) is 103 Å². The molecule has 0 bridgehead atoms. The van der Waals surface area contributed by atoms with Gasteiger partial charge in [0.25, 0.3) is 0 Å². The second-order valence-corrected chi connectivity index (χ2v) is 9.27. The van der Waals surface area contributed by atoms with Crippen molar-refractivity contribution in [3.05, 3.63) is 53.1 Å². The Hall–Kier alpha value is -3.18. The van der Waals surface area contributed by atoms with E-state index >= 15 is 0 Å². The molecular formula is C24H25ClF3N3O5. The minimum absolute atomic E-state index is 0.0299. The average Bonchev–Trinajstić information content (AvgIpc) is 3.15. The van der Waals surface area contributed by atoms with Crippen LogP contribution in [0.2, 0.25) is 5.02 Å². The van der Waals surface area contributed by atoms with Crippen molar-refractivity contribution in [3.8, 4) is 11.5 Å². The third-order valence-electron chi connectivity index (χ3n) is 6.17. The van der Waals surface area contributed by atoms with Crippen LogP contribution in [-0.2, 0) is 16.0 Å². The molecule has 2 aliphatic heterocycles. The lowest BCUT2D eigenvalue weighted by molar-refractivity contribution is -0.206. The number of amides is 2. The maximum Gasteiger partial charge on any atom is 0.490 e. The van der Waals surface area contributed by atoms with Crippen molar-refractivity contribution < 1.29 is 37.0 Å². The monoisotopic (exact) mass is 527 g/mol. The van der Waals surface area contributed by atoms with E-state index in [9.17, 15) is 22.8 Å². The number of para-hydroxylation sites is 2. The number of nitrogens with one attached hydrogen (secondary N) is 1. The quantitative estimate of drug-likeness (QED) is 0.524. The number of carbonyl (C=O) groups is 2. The highest BCUT2D eigenvalue weighted by molar-refractivity contribution is 6.30. The summed E-state index contributed by atoms with van der Waals surface area (Å²) < 4.78 is 55.3. The van der Waals surface area contributed by atoms with E-state index in [0.717, 1.165) is 11.3 Å². The van der Waals surface area contributed by atoms with E-state index in [1.54, 1.807) is 18.2 Å². The van der Waals surface area contributed by atoms with Crippen molar-refractivity contribution in [1.29, 1.82) is 0 Å². The number of hydrogen-bond acceptors (Lipinski definition) is 6. The third-order valence-corrected chi connectivity index (χ3v) is 6.40. The molecule has 0 unspecified atom stereocenters. The van der Waals surface area contributed by atoms with Gasteiger partial charge in [-0.05, 0) is 35.9 Å². The summed E-state index contributed by atoms with van der Waals surface area (Å²) in [6, 6.07) is 10.9. The molecule has 0 saturated carbocycles. The summed E-state index contributed by atoms with van der Waals surface area (Å²) in [7, 11) is 0. The maximum atomic E-state index is 12.9. The van der Waals surface area contributed by atoms with Crippen molar-refractivity contribution >= 4 is 29.3 Å². The number of fused-ring (bicyclic) bond motifs is 1. The molecule has 0 aliphatic carbocycles. The van der Waals surface area contributed by atoms with Gasteiger partial charge in [-0.15, -0.1) is 0 Å². The zero-order valence-corrected chi connectivity index (χ0v) is 19.9. The number of carbonyl (C=O) groups excluding carboxylic acids is 2. The standard InChI is InChI=1S/C24H25ClF3N3O5/c25-16-5-6-19-15(11-16)12-23(36-19)7-9-31(10-8-23)13-17(35-21(32)24(26,27)28)14-34-20-4-2-1-3-18(20)30-22(29)33/h1-6,11,17H,7-10,12-14H2,(H3,29,30,33)/t17-/m1/s1. The summed E-state index contributed by atoms with van der Waals surface area (Å²) in [5.74, 6) is -1.32. The molecule has 4 rings (SSSR count). The molecule has 12 heteroatoms. The van der Waals surface area contributed by atoms with Crippen LogP contribution in [0.25, 0.3) is 0 Å². The molecule has 3 N–H and O–H groups in total. The molecule has 1 saturated heterocycles. The van der Waals surface area contributed by atoms with Crippen molar-refractivity contribution in [1.82, 2.24) is 4.90 Å². The summed E-state index contributed by atoms with van der Waals surface area (Å²) in [4.78, 5) is 24.7. The number of ether oxygens (including phenoxy) is 3. The Morgan fingerprint density at radius 2 is 1.92 bits per heavy atom. The summed E-state index contributed by atoms with van der Waals surface area (Å²) in [5, 5.41) is 3.01. The van der Waals surface area contributed by atoms with Gasteiger partial charge >= 0.3 is 18.2 Å². The number of nitrogens with zero attached hydrogens (tertiary/aromatic N) is 1. The van der Waals surface area contributed by atoms with Gasteiger partial charge in [-0.25, -0.2) is 9.59 Å². The first kappa shape index (κ1) is 25.9. The lowest BCUT2D eigenvalue weighted by Crippen LogP contribution is -2.50. The van der Waals surface area contributed by atoms with E-state index < -0.39 is 29.9 Å². The lowest BCUT2D eigenvalue weighted by Gasteiger charge is -2.39. The smallest absolute Gasteiger partial charge is 0.487 e. The van der Waals surface area contributed by atoms with Gasteiger partial charge in [-0.3, -0.25) is 4.90 Å². The molecule has 194 valence electrons. The Balaban J connectivity index is 1.39. The summed E-state index contributed by atoms with van der Waals surface area (Å²) >= 11 is 6.09. The molecule has 2 aromatic rings. The fraction of sp³-hybridized carbons (Fsp3) is 0.417. The molecular weight excluding hydrogens is 503 g/mol. The summed E-state index contributed by atoms with van der Waals surface area (Å²) in [6.45, 7) is 0.729. The number of halogens is 4. The number of anilines is 1. The number of esters is 1. The Labute approximate surface area is 210 Å². The van der Waals surface area contributed by atoms with Crippen molar-refractivity contribution in [2.24, 2.45) is 5.73 Å². The maximum absolute atomic E-state index is 12.9. The van der Waals surface area contributed by atoms with Crippen molar-refractivity contribution in [2.75, 3.05) is 31.6 Å². The van der Waals surface area contributed by atoms with Crippen LogP contribution in [0.1, 0.15) is 18.4 Å². The van der Waals surface area contributed by atoms with Crippen LogP contribution >= 0.6 is 11.6 Å². The zero-order chi connectivity index (χ0) is 25.9. The van der Waals surface area contributed by atoms with E-state index in [4.69, 9.17) is 31.5 Å². The summed E-state index contributed by atoms with van der Waals surface area (Å²) in [6.07, 6.45) is -4.36. The predicted molar refractivity (Wildman–Crippen MR) is 125 cm³/mol. The number of urea groups is 1. The van der Waals surface area contributed by atoms with Crippen molar-refractivity contribution in [2.45, 2.75) is 37.1 Å². The second kappa shape index (κ2) is 10.4. The Kier molecular flexibility index (Phi) is 7.51. The van der Waals surface area contributed by atoms with Crippen molar-refractivity contribution in [3.63, 3.8) is 0 Å². The molecule has 2 amide bonds. The first-order valence-electron chi connectivity index (χ1n) is 11.3. The van der Waals surface area contributed by atoms with Gasteiger partial charge in [0.05, 0.1) is 5.69 Å². The van der Waals surface area contributed by atoms with E-state index in [1.807, 2.05) is 17.0 Å². The van der Waals surface area contributed by atoms with E-state index in [2.05, 4.69) is 5.32 Å². The minimum atomic E-state index is -5.14. The number of likely N-dealkylation sites (tertiary alicyclic amines) is 1. The number of piperidine rings is 1. The molecule has 2 aromatic carbocycles. The number of primary amides is 1. The molecule has 0 radical (unpaired) electrons. The van der Waals surface area contributed by atoms with Crippen LogP contribution in [0, 0.1) is 0 Å². The highest BCUT2D eigenvalue weighted by atomic mass is 35.5. The largest absolute Gasteiger partial charge is 0.490 e. The Morgan fingerprint density at radius 3 is 2.61 bits per heavy atom. The van der Waals surface area contributed by atoms with Gasteiger partial charge < -0.3 is 25.3 Å². The number of alkyl halides is 3. The first-order valence-corrected chi connectivity index (χ1v) is 11.7. The number of nitrogens with two attached hydrogens (primary N) is 1. The normalized spacial score (nSPS) is 17.7. The number of rotatable bonds is 7. The fourth-order valence-electron chi connectivity index (χ4n) is 4.47. The number of hydrogen-bond donors (Lipinski definition) is 2. The van der Waals surface area contributed by atoms with Crippen LogP contribution in [-0.4, -0.2) is 61.0 Å². The molecule has 8 nitrogen and oxygen atoms in total. The molecule has 0 aromatic heterocycles. The van der Waals surface area contributed by atoms with Crippen LogP contribution < -0.4 is 20.5 Å². The van der Waals surface area contributed by atoms with Gasteiger partial charge in [0.2, 0.25) is 0 Å².